The van der Waals surface area contributed by atoms with E-state index in [-0.39, 0.29) is 11.9 Å². The van der Waals surface area contributed by atoms with E-state index in [2.05, 4.69) is 10.1 Å². The molecule has 0 saturated heterocycles. The Morgan fingerprint density at radius 2 is 2.25 bits per heavy atom. The number of hydrogen-bond acceptors (Lipinski definition) is 3. The van der Waals surface area contributed by atoms with Gasteiger partial charge in [-0.15, -0.1) is 0 Å². The molecule has 1 saturated carbocycles. The Morgan fingerprint density at radius 1 is 1.50 bits per heavy atom. The van der Waals surface area contributed by atoms with Gasteiger partial charge in [0.1, 0.15) is 0 Å². The number of rotatable bonds is 3. The van der Waals surface area contributed by atoms with Crippen LogP contribution in [0.2, 0.25) is 0 Å². The third kappa shape index (κ3) is 2.43. The monoisotopic (exact) mass is 220 g/mol. The van der Waals surface area contributed by atoms with Crippen molar-refractivity contribution in [1.82, 2.24) is 9.78 Å². The third-order valence-electron chi connectivity index (χ3n) is 3.11. The van der Waals surface area contributed by atoms with Crippen LogP contribution in [-0.4, -0.2) is 21.7 Å². The van der Waals surface area contributed by atoms with Crippen molar-refractivity contribution in [3.05, 3.63) is 18.0 Å². The average molecular weight is 220 g/mol. The Morgan fingerprint density at radius 3 is 2.94 bits per heavy atom. The van der Waals surface area contributed by atoms with Gasteiger partial charge in [-0.05, 0) is 25.8 Å². The summed E-state index contributed by atoms with van der Waals surface area (Å²) in [7, 11) is 0. The lowest BCUT2D eigenvalue weighted by Crippen LogP contribution is -2.26. The molecule has 1 aliphatic carbocycles. The van der Waals surface area contributed by atoms with Crippen molar-refractivity contribution < 1.29 is 5.11 Å². The molecule has 1 fully saturated rings. The van der Waals surface area contributed by atoms with E-state index < -0.39 is 0 Å². The maximum atomic E-state index is 11.9. The van der Waals surface area contributed by atoms with Crippen LogP contribution in [0.5, 0.6) is 0 Å². The van der Waals surface area contributed by atoms with Gasteiger partial charge < -0.3 is 5.11 Å². The normalized spacial score (nSPS) is 18.9. The fourth-order valence-electron chi connectivity index (χ4n) is 2.21. The van der Waals surface area contributed by atoms with Crippen molar-refractivity contribution in [3.8, 4) is 0 Å². The maximum absolute atomic E-state index is 11.9. The summed E-state index contributed by atoms with van der Waals surface area (Å²) in [6.07, 6.45) is 7.47. The molecule has 0 unspecified atom stereocenters. The van der Waals surface area contributed by atoms with Crippen LogP contribution in [0.1, 0.15) is 44.7 Å². The lowest BCUT2D eigenvalue weighted by molar-refractivity contribution is -0.214. The summed E-state index contributed by atoms with van der Waals surface area (Å²) in [6.45, 7) is 2.69. The van der Waals surface area contributed by atoms with Gasteiger partial charge in [0.25, 0.3) is 0 Å². The molecule has 1 aromatic rings. The predicted octanol–water partition coefficient (Wildman–Crippen LogP) is 1.34. The van der Waals surface area contributed by atoms with E-state index in [1.165, 1.54) is 19.3 Å². The van der Waals surface area contributed by atoms with Gasteiger partial charge in [0.15, 0.2) is 0 Å². The molecule has 4 nitrogen and oxygen atoms in total. The highest BCUT2D eigenvalue weighted by molar-refractivity contribution is 5.88. The number of aryl methyl sites for hydroxylation is 1. The van der Waals surface area contributed by atoms with Crippen LogP contribution in [0, 0.1) is 0 Å². The van der Waals surface area contributed by atoms with Gasteiger partial charge in [0.05, 0.1) is 5.69 Å². The van der Waals surface area contributed by atoms with Crippen molar-refractivity contribution in [2.24, 2.45) is 4.99 Å². The number of hydrogen-bond donors (Lipinski definition) is 0. The minimum absolute atomic E-state index is 0.105. The van der Waals surface area contributed by atoms with Crippen LogP contribution in [0.15, 0.2) is 17.3 Å². The molecule has 1 aliphatic rings. The Labute approximate surface area is 96.0 Å². The van der Waals surface area contributed by atoms with Crippen molar-refractivity contribution >= 4 is 5.90 Å². The molecule has 4 heteroatoms. The smallest absolute Gasteiger partial charge is 0.0713 e. The molecule has 1 heterocycles. The molecule has 0 N–H and O–H groups in total. The van der Waals surface area contributed by atoms with E-state index in [0.29, 0.717) is 12.2 Å². The molecule has 88 valence electrons. The molecule has 16 heavy (non-hydrogen) atoms. The van der Waals surface area contributed by atoms with Crippen molar-refractivity contribution in [3.63, 3.8) is 0 Å². The summed E-state index contributed by atoms with van der Waals surface area (Å²) in [5, 5.41) is 16.0. The lowest BCUT2D eigenvalue weighted by atomic mass is 9.96. The highest BCUT2D eigenvalue weighted by Crippen LogP contribution is 2.20. The molecule has 0 aromatic carbocycles. The topological polar surface area (TPSA) is 53.2 Å². The summed E-state index contributed by atoms with van der Waals surface area (Å²) < 4.78 is 1.70. The second-order valence-electron chi connectivity index (χ2n) is 4.26. The van der Waals surface area contributed by atoms with Gasteiger partial charge in [0, 0.05) is 24.7 Å². The fourth-order valence-corrected chi connectivity index (χ4v) is 2.21. The predicted molar refractivity (Wildman–Crippen MR) is 61.3 cm³/mol. The van der Waals surface area contributed by atoms with Gasteiger partial charge in [-0.3, -0.25) is 9.67 Å². The first-order valence-electron chi connectivity index (χ1n) is 6.08. The first-order chi connectivity index (χ1) is 7.81. The van der Waals surface area contributed by atoms with E-state index in [1.54, 1.807) is 16.9 Å². The van der Waals surface area contributed by atoms with E-state index in [9.17, 15) is 5.11 Å². The number of aromatic nitrogens is 2. The van der Waals surface area contributed by atoms with Crippen LogP contribution in [0.4, 0.5) is 0 Å². The van der Waals surface area contributed by atoms with Crippen LogP contribution in [0.3, 0.4) is 0 Å². The highest BCUT2D eigenvalue weighted by atomic mass is 16.3. The van der Waals surface area contributed by atoms with Gasteiger partial charge >= 0.3 is 0 Å². The summed E-state index contributed by atoms with van der Waals surface area (Å²) in [5.74, 6) is -0.105. The van der Waals surface area contributed by atoms with Gasteiger partial charge in [-0.2, -0.15) is 5.10 Å². The third-order valence-corrected chi connectivity index (χ3v) is 3.11. The molecule has 0 spiro atoms. The zero-order valence-corrected chi connectivity index (χ0v) is 9.72. The van der Waals surface area contributed by atoms with E-state index in [4.69, 9.17) is 0 Å². The maximum Gasteiger partial charge on any atom is 0.0713 e. The number of aliphatic imine (C=N–C) groups is 1. The second-order valence-corrected chi connectivity index (χ2v) is 4.26. The molecule has 0 radical (unpaired) electrons. The number of nitrogens with zero attached hydrogens (tertiary/aromatic N) is 3. The first kappa shape index (κ1) is 11.2. The standard InChI is InChI=1S/C12H19N3O/c1-2-15-11(8-9-13-15)12(16)14-10-6-4-3-5-7-10/h8-10H,2-7H2,1H3,(H,14,16)/p-1. The van der Waals surface area contributed by atoms with Gasteiger partial charge in [-0.25, -0.2) is 0 Å². The molecule has 2 rings (SSSR count). The summed E-state index contributed by atoms with van der Waals surface area (Å²) in [6, 6.07) is 1.99. The largest absolute Gasteiger partial charge is 0.857 e. The Hall–Kier alpha value is -1.32. The Balaban J connectivity index is 2.10. The van der Waals surface area contributed by atoms with Crippen molar-refractivity contribution in [2.75, 3.05) is 0 Å². The zero-order valence-electron chi connectivity index (χ0n) is 9.72. The molecule has 0 atom stereocenters. The highest BCUT2D eigenvalue weighted by Gasteiger charge is 2.12. The summed E-state index contributed by atoms with van der Waals surface area (Å²) >= 11 is 0. The fraction of sp³-hybridized carbons (Fsp3) is 0.667. The Kier molecular flexibility index (Phi) is 3.59. The summed E-state index contributed by atoms with van der Waals surface area (Å²) in [5.41, 5.74) is 0.619. The molecule has 0 aliphatic heterocycles. The minimum Gasteiger partial charge on any atom is -0.857 e. The minimum atomic E-state index is -0.105. The van der Waals surface area contributed by atoms with E-state index >= 15 is 0 Å². The van der Waals surface area contributed by atoms with Crippen LogP contribution >= 0.6 is 0 Å². The Bertz CT molecular complexity index is 364. The van der Waals surface area contributed by atoms with Gasteiger partial charge in [0.2, 0.25) is 0 Å². The second kappa shape index (κ2) is 5.14. The lowest BCUT2D eigenvalue weighted by Gasteiger charge is -2.21. The average Bonchev–Trinajstić information content (AvgIpc) is 2.78. The quantitative estimate of drug-likeness (QED) is 0.570. The molecule has 1 aromatic heterocycles. The first-order valence-corrected chi connectivity index (χ1v) is 6.08. The van der Waals surface area contributed by atoms with E-state index in [0.717, 1.165) is 12.8 Å². The van der Waals surface area contributed by atoms with Crippen LogP contribution in [-0.2, 0) is 6.54 Å². The molecule has 0 bridgehead atoms. The van der Waals surface area contributed by atoms with Gasteiger partial charge in [-0.1, -0.05) is 19.3 Å². The molecular formula is C12H18N3O-. The summed E-state index contributed by atoms with van der Waals surface area (Å²) in [4.78, 5) is 4.29. The molecule has 0 amide bonds. The SMILES string of the molecule is CCn1nccc1C([O-])=NC1CCCCC1. The molecular weight excluding hydrogens is 202 g/mol. The van der Waals surface area contributed by atoms with Crippen molar-refractivity contribution in [2.45, 2.75) is 51.6 Å². The van der Waals surface area contributed by atoms with Crippen LogP contribution < -0.4 is 5.11 Å². The van der Waals surface area contributed by atoms with E-state index in [1.807, 2.05) is 6.92 Å². The van der Waals surface area contributed by atoms with Crippen molar-refractivity contribution in [1.29, 1.82) is 0 Å². The van der Waals surface area contributed by atoms with Crippen LogP contribution in [0.25, 0.3) is 0 Å². The zero-order chi connectivity index (χ0) is 11.4.